The molecule has 0 aromatic heterocycles. The lowest BCUT2D eigenvalue weighted by Gasteiger charge is -1.57. The minimum atomic E-state index is -0.889. The molecule has 0 atom stereocenters. The number of aliphatic hydroxyl groups excluding tert-OH is 1. The SMILES string of the molecule is O=C(Cl)Cl.OC1CC1. The summed E-state index contributed by atoms with van der Waals surface area (Å²) < 4.78 is -0.889. The van der Waals surface area contributed by atoms with E-state index in [1.807, 2.05) is 0 Å². The van der Waals surface area contributed by atoms with Gasteiger partial charge in [-0.05, 0) is 36.0 Å². The van der Waals surface area contributed by atoms with Crippen molar-refractivity contribution in [3.63, 3.8) is 0 Å². The highest BCUT2D eigenvalue weighted by Crippen LogP contribution is 2.16. The largest absolute Gasteiger partial charge is 0.393 e. The monoisotopic (exact) mass is 156 g/mol. The van der Waals surface area contributed by atoms with Crippen LogP contribution in [0.3, 0.4) is 0 Å². The van der Waals surface area contributed by atoms with Crippen molar-refractivity contribution in [2.24, 2.45) is 0 Å². The number of carbonyl (C=O) groups is 1. The van der Waals surface area contributed by atoms with Gasteiger partial charge in [0.1, 0.15) is 0 Å². The fraction of sp³-hybridized carbons (Fsp3) is 0.750. The third-order valence-corrected chi connectivity index (χ3v) is 0.547. The first-order valence-corrected chi connectivity index (χ1v) is 2.91. The van der Waals surface area contributed by atoms with Gasteiger partial charge < -0.3 is 5.11 Å². The number of hydrogen-bond acceptors (Lipinski definition) is 2. The first kappa shape index (κ1) is 8.21. The normalized spacial score (nSPS) is 16.4. The van der Waals surface area contributed by atoms with E-state index in [4.69, 9.17) is 9.90 Å². The topological polar surface area (TPSA) is 37.3 Å². The standard InChI is InChI=1S/C3H6O.CCl2O/c4-3-1-2-3;2-1(3)4/h3-4H,1-2H2;. The number of rotatable bonds is 0. The molecule has 0 aromatic rings. The minimum Gasteiger partial charge on any atom is -0.393 e. The van der Waals surface area contributed by atoms with Gasteiger partial charge >= 0.3 is 4.70 Å². The molecular weight excluding hydrogens is 151 g/mol. The lowest BCUT2D eigenvalue weighted by atomic mass is 10.9. The molecule has 0 amide bonds. The molecule has 1 rings (SSSR count). The van der Waals surface area contributed by atoms with Gasteiger partial charge in [0.2, 0.25) is 0 Å². The van der Waals surface area contributed by atoms with Crippen molar-refractivity contribution in [1.29, 1.82) is 0 Å². The molecule has 0 spiro atoms. The molecule has 0 saturated heterocycles. The number of carbonyl (C=O) groups excluding carboxylic acids is 1. The highest BCUT2D eigenvalue weighted by atomic mass is 35.5. The lowest BCUT2D eigenvalue weighted by molar-refractivity contribution is 0.275. The van der Waals surface area contributed by atoms with Crippen molar-refractivity contribution in [1.82, 2.24) is 0 Å². The van der Waals surface area contributed by atoms with Crippen LogP contribution in [0.5, 0.6) is 0 Å². The van der Waals surface area contributed by atoms with Gasteiger partial charge in [0, 0.05) is 0 Å². The summed E-state index contributed by atoms with van der Waals surface area (Å²) in [6.45, 7) is 0. The van der Waals surface area contributed by atoms with E-state index < -0.39 is 4.70 Å². The summed E-state index contributed by atoms with van der Waals surface area (Å²) in [7, 11) is 0. The van der Waals surface area contributed by atoms with Crippen LogP contribution in [0.2, 0.25) is 0 Å². The second-order valence-electron chi connectivity index (χ2n) is 1.46. The van der Waals surface area contributed by atoms with Gasteiger partial charge in [0.05, 0.1) is 6.10 Å². The van der Waals surface area contributed by atoms with Gasteiger partial charge in [-0.15, -0.1) is 0 Å². The van der Waals surface area contributed by atoms with E-state index in [-0.39, 0.29) is 6.10 Å². The van der Waals surface area contributed by atoms with Crippen LogP contribution < -0.4 is 0 Å². The zero-order valence-corrected chi connectivity index (χ0v) is 5.61. The van der Waals surface area contributed by atoms with Crippen molar-refractivity contribution in [3.05, 3.63) is 0 Å². The molecular formula is C4H6Cl2O2. The van der Waals surface area contributed by atoms with Gasteiger partial charge in [0.15, 0.2) is 0 Å². The van der Waals surface area contributed by atoms with Gasteiger partial charge in [-0.25, -0.2) is 0 Å². The predicted octanol–water partition coefficient (Wildman–Crippen LogP) is 1.73. The number of halogens is 2. The van der Waals surface area contributed by atoms with Gasteiger partial charge in [-0.1, -0.05) is 0 Å². The van der Waals surface area contributed by atoms with Crippen LogP contribution in [0, 0.1) is 0 Å². The Hall–Kier alpha value is 0.210. The van der Waals surface area contributed by atoms with Crippen molar-refractivity contribution in [2.75, 3.05) is 0 Å². The van der Waals surface area contributed by atoms with E-state index in [0.717, 1.165) is 12.8 Å². The van der Waals surface area contributed by atoms with Crippen molar-refractivity contribution in [2.45, 2.75) is 18.9 Å². The summed E-state index contributed by atoms with van der Waals surface area (Å²) in [5.41, 5.74) is 0. The molecule has 0 aliphatic heterocycles. The van der Waals surface area contributed by atoms with Crippen LogP contribution in [-0.4, -0.2) is 15.9 Å². The van der Waals surface area contributed by atoms with E-state index in [9.17, 15) is 0 Å². The Kier molecular flexibility index (Phi) is 4.23. The molecule has 0 bridgehead atoms. The fourth-order valence-electron chi connectivity index (χ4n) is 0.0745. The summed E-state index contributed by atoms with van der Waals surface area (Å²) in [4.78, 5) is 8.98. The molecule has 1 fully saturated rings. The molecule has 0 radical (unpaired) electrons. The smallest absolute Gasteiger partial charge is 0.313 e. The average molecular weight is 157 g/mol. The predicted molar refractivity (Wildman–Crippen MR) is 32.3 cm³/mol. The molecule has 1 N–H and O–H groups in total. The second kappa shape index (κ2) is 4.13. The quantitative estimate of drug-likeness (QED) is 0.543. The molecule has 1 aliphatic carbocycles. The summed E-state index contributed by atoms with van der Waals surface area (Å²) in [5, 5.41) is 8.17. The zero-order valence-electron chi connectivity index (χ0n) is 4.10. The van der Waals surface area contributed by atoms with Gasteiger partial charge in [0.25, 0.3) is 0 Å². The van der Waals surface area contributed by atoms with E-state index in [1.54, 1.807) is 0 Å². The first-order chi connectivity index (χ1) is 3.63. The second-order valence-corrected chi connectivity index (χ2v) is 2.34. The van der Waals surface area contributed by atoms with Crippen molar-refractivity contribution in [3.8, 4) is 0 Å². The first-order valence-electron chi connectivity index (χ1n) is 2.16. The number of hydrogen-bond donors (Lipinski definition) is 1. The highest BCUT2D eigenvalue weighted by molar-refractivity contribution is 6.93. The maximum absolute atomic E-state index is 8.98. The third kappa shape index (κ3) is 16.4. The number of aliphatic hydroxyl groups is 1. The Morgan fingerprint density at radius 3 is 1.62 bits per heavy atom. The third-order valence-electron chi connectivity index (χ3n) is 0.547. The molecule has 0 aromatic carbocycles. The van der Waals surface area contributed by atoms with E-state index in [2.05, 4.69) is 23.2 Å². The molecule has 4 heteroatoms. The minimum absolute atomic E-state index is 0.0833. The van der Waals surface area contributed by atoms with Gasteiger partial charge in [-0.3, -0.25) is 4.79 Å². The van der Waals surface area contributed by atoms with Crippen molar-refractivity contribution >= 4 is 27.9 Å². The summed E-state index contributed by atoms with van der Waals surface area (Å²) >= 11 is 8.80. The van der Waals surface area contributed by atoms with E-state index in [1.165, 1.54) is 0 Å². The Balaban J connectivity index is 0.000000122. The molecule has 0 unspecified atom stereocenters. The van der Waals surface area contributed by atoms with Crippen molar-refractivity contribution < 1.29 is 9.90 Å². The van der Waals surface area contributed by atoms with E-state index >= 15 is 0 Å². The van der Waals surface area contributed by atoms with Crippen LogP contribution in [0.25, 0.3) is 0 Å². The fourth-order valence-corrected chi connectivity index (χ4v) is 0.0745. The Morgan fingerprint density at radius 1 is 1.50 bits per heavy atom. The Morgan fingerprint density at radius 2 is 1.62 bits per heavy atom. The molecule has 1 saturated carbocycles. The maximum atomic E-state index is 8.98. The summed E-state index contributed by atoms with van der Waals surface area (Å²) in [5.74, 6) is 0. The molecule has 1 aliphatic rings. The Bertz CT molecular complexity index is 76.1. The molecule has 0 heterocycles. The van der Waals surface area contributed by atoms with Crippen LogP contribution in [0.15, 0.2) is 0 Å². The summed E-state index contributed by atoms with van der Waals surface area (Å²) in [6, 6.07) is 0. The van der Waals surface area contributed by atoms with Crippen LogP contribution in [0.4, 0.5) is 4.79 Å². The Labute approximate surface area is 57.4 Å². The summed E-state index contributed by atoms with van der Waals surface area (Å²) in [6.07, 6.45) is 2.17. The molecule has 48 valence electrons. The van der Waals surface area contributed by atoms with Crippen LogP contribution >= 0.6 is 23.2 Å². The zero-order chi connectivity index (χ0) is 6.57. The average Bonchev–Trinajstić information content (AvgIpc) is 2.19. The molecule has 2 nitrogen and oxygen atoms in total. The molecule has 8 heavy (non-hydrogen) atoms. The van der Waals surface area contributed by atoms with Gasteiger partial charge in [-0.2, -0.15) is 0 Å². The van der Waals surface area contributed by atoms with E-state index in [0.29, 0.717) is 0 Å². The van der Waals surface area contributed by atoms with Crippen LogP contribution in [-0.2, 0) is 0 Å². The highest BCUT2D eigenvalue weighted by Gasteiger charge is 2.15. The lowest BCUT2D eigenvalue weighted by Crippen LogP contribution is -1.65. The maximum Gasteiger partial charge on any atom is 0.313 e. The van der Waals surface area contributed by atoms with Crippen LogP contribution in [0.1, 0.15) is 12.8 Å².